The van der Waals surface area contributed by atoms with E-state index in [0.29, 0.717) is 19.3 Å². The summed E-state index contributed by atoms with van der Waals surface area (Å²) < 4.78 is 0. The topological polar surface area (TPSA) is 38.3 Å². The number of hydroxylamine groups is 1. The Morgan fingerprint density at radius 1 is 1.47 bits per heavy atom. The maximum absolute atomic E-state index is 11.0. The molecule has 0 unspecified atom stereocenters. The molecule has 4 heteroatoms. The van der Waals surface area contributed by atoms with Crippen molar-refractivity contribution in [3.05, 3.63) is 34.9 Å². The van der Waals surface area contributed by atoms with Gasteiger partial charge in [-0.15, -0.1) is 0 Å². The largest absolute Gasteiger partial charge is 0.273 e. The van der Waals surface area contributed by atoms with Gasteiger partial charge in [-0.3, -0.25) is 9.63 Å². The molecule has 90 valence electrons. The molecule has 17 heavy (non-hydrogen) atoms. The van der Waals surface area contributed by atoms with Crippen LogP contribution in [0.5, 0.6) is 0 Å². The van der Waals surface area contributed by atoms with Crippen molar-refractivity contribution in [1.82, 2.24) is 5.48 Å². The molecule has 3 nitrogen and oxygen atoms in total. The van der Waals surface area contributed by atoms with Gasteiger partial charge >= 0.3 is 0 Å². The van der Waals surface area contributed by atoms with Crippen molar-refractivity contribution in [3.8, 4) is 0 Å². The van der Waals surface area contributed by atoms with Gasteiger partial charge in [-0.05, 0) is 30.0 Å². The van der Waals surface area contributed by atoms with Gasteiger partial charge in [0.15, 0.2) is 0 Å². The monoisotopic (exact) mass is 231 g/mol. The highest BCUT2D eigenvalue weighted by atomic mass is 16.6. The molecule has 2 radical (unpaired) electrons. The number of hydrogen-bond acceptors (Lipinski definition) is 2. The van der Waals surface area contributed by atoms with E-state index in [0.717, 1.165) is 17.5 Å². The fraction of sp³-hybridized carbons (Fsp3) is 0.462. The summed E-state index contributed by atoms with van der Waals surface area (Å²) in [4.78, 5) is 16.2. The molecule has 0 saturated heterocycles. The number of hydrogen-bond donors (Lipinski definition) is 1. The molecule has 1 aromatic rings. The van der Waals surface area contributed by atoms with E-state index in [9.17, 15) is 4.79 Å². The molecule has 0 saturated carbocycles. The van der Waals surface area contributed by atoms with Crippen LogP contribution in [0.4, 0.5) is 0 Å². The lowest BCUT2D eigenvalue weighted by molar-refractivity contribution is -0.134. The highest BCUT2D eigenvalue weighted by Gasteiger charge is 2.06. The van der Waals surface area contributed by atoms with Gasteiger partial charge in [0.25, 0.3) is 0 Å². The Hall–Kier alpha value is -1.29. The highest BCUT2D eigenvalue weighted by Crippen LogP contribution is 2.16. The van der Waals surface area contributed by atoms with Crippen molar-refractivity contribution in [2.75, 3.05) is 0 Å². The normalized spacial score (nSPS) is 10.2. The van der Waals surface area contributed by atoms with Crippen LogP contribution in [-0.4, -0.2) is 13.8 Å². The smallest absolute Gasteiger partial charge is 0.243 e. The van der Waals surface area contributed by atoms with Crippen LogP contribution >= 0.6 is 0 Å². The minimum absolute atomic E-state index is 0.112. The summed E-state index contributed by atoms with van der Waals surface area (Å²) in [7, 11) is 5.57. The molecule has 1 rings (SSSR count). The van der Waals surface area contributed by atoms with Crippen molar-refractivity contribution in [1.29, 1.82) is 0 Å². The second kappa shape index (κ2) is 7.12. The minimum Gasteiger partial charge on any atom is -0.273 e. The lowest BCUT2D eigenvalue weighted by atomic mass is 9.93. The van der Waals surface area contributed by atoms with E-state index >= 15 is 0 Å². The Kier molecular flexibility index (Phi) is 5.77. The number of aryl methyl sites for hydroxylation is 2. The predicted molar refractivity (Wildman–Crippen MR) is 68.7 cm³/mol. The van der Waals surface area contributed by atoms with Crippen molar-refractivity contribution in [2.45, 2.75) is 39.6 Å². The predicted octanol–water partition coefficient (Wildman–Crippen LogP) is 2.08. The van der Waals surface area contributed by atoms with Gasteiger partial charge in [0, 0.05) is 6.42 Å². The Labute approximate surface area is 104 Å². The van der Waals surface area contributed by atoms with Crippen molar-refractivity contribution in [3.63, 3.8) is 0 Å². The fourth-order valence-electron chi connectivity index (χ4n) is 1.62. The first-order valence-electron chi connectivity index (χ1n) is 5.87. The molecule has 0 atom stereocenters. The van der Waals surface area contributed by atoms with Crippen LogP contribution in [0.25, 0.3) is 0 Å². The summed E-state index contributed by atoms with van der Waals surface area (Å²) in [5.41, 5.74) is 5.85. The van der Waals surface area contributed by atoms with E-state index in [2.05, 4.69) is 5.48 Å². The van der Waals surface area contributed by atoms with Crippen LogP contribution in [0.2, 0.25) is 6.32 Å². The zero-order valence-electron chi connectivity index (χ0n) is 10.5. The molecule has 0 bridgehead atoms. The number of carbonyl (C=O) groups excluding carboxylic acids is 1. The Bertz CT molecular complexity index is 380. The molecule has 0 aromatic heterocycles. The van der Waals surface area contributed by atoms with Crippen LogP contribution < -0.4 is 5.48 Å². The van der Waals surface area contributed by atoms with Crippen LogP contribution in [0.1, 0.15) is 30.0 Å². The van der Waals surface area contributed by atoms with Crippen LogP contribution in [0.3, 0.4) is 0 Å². The van der Waals surface area contributed by atoms with E-state index in [4.69, 9.17) is 12.7 Å². The molecule has 0 heterocycles. The molecule has 1 aromatic carbocycles. The quantitative estimate of drug-likeness (QED) is 0.601. The lowest BCUT2D eigenvalue weighted by Gasteiger charge is -2.12. The van der Waals surface area contributed by atoms with Gasteiger partial charge in [-0.2, -0.15) is 0 Å². The molecule has 0 aliphatic carbocycles. The van der Waals surface area contributed by atoms with Gasteiger partial charge in [0.05, 0.1) is 7.85 Å². The molecule has 0 spiro atoms. The minimum atomic E-state index is -0.112. The first kappa shape index (κ1) is 13.8. The average Bonchev–Trinajstić information content (AvgIpc) is 2.32. The summed E-state index contributed by atoms with van der Waals surface area (Å²) in [5, 5.41) is 0. The third kappa shape index (κ3) is 4.23. The second-order valence-corrected chi connectivity index (χ2v) is 3.92. The van der Waals surface area contributed by atoms with E-state index < -0.39 is 0 Å². The van der Waals surface area contributed by atoms with Gasteiger partial charge in [0.2, 0.25) is 5.91 Å². The van der Waals surface area contributed by atoms with E-state index in [1.807, 2.05) is 25.1 Å². The van der Waals surface area contributed by atoms with Gasteiger partial charge < -0.3 is 0 Å². The fourth-order valence-corrected chi connectivity index (χ4v) is 1.62. The third-order valence-electron chi connectivity index (χ3n) is 2.64. The standard InChI is InChI=1S/C13H18BNO2/c1-3-13(16)15-17-9-12-10(2)5-4-6-11(12)7-8-14/h4-6H,3,7-9H2,1-2H3,(H,15,16). The second-order valence-electron chi connectivity index (χ2n) is 3.92. The Morgan fingerprint density at radius 2 is 2.24 bits per heavy atom. The Morgan fingerprint density at radius 3 is 2.88 bits per heavy atom. The molecule has 0 fully saturated rings. The SMILES string of the molecule is [B]CCc1cccc(C)c1CONC(=O)CC. The summed E-state index contributed by atoms with van der Waals surface area (Å²) in [5.74, 6) is -0.112. The molecular formula is C13H18BNO2. The molecule has 1 N–H and O–H groups in total. The molecule has 0 aliphatic heterocycles. The van der Waals surface area contributed by atoms with E-state index in [-0.39, 0.29) is 5.91 Å². The van der Waals surface area contributed by atoms with Crippen molar-refractivity contribution in [2.24, 2.45) is 0 Å². The van der Waals surface area contributed by atoms with E-state index in [1.165, 1.54) is 5.56 Å². The summed E-state index contributed by atoms with van der Waals surface area (Å²) >= 11 is 0. The Balaban J connectivity index is 2.65. The zero-order chi connectivity index (χ0) is 12.7. The maximum atomic E-state index is 11.0. The molecule has 0 aliphatic rings. The third-order valence-corrected chi connectivity index (χ3v) is 2.64. The number of amides is 1. The first-order valence-corrected chi connectivity index (χ1v) is 5.87. The maximum Gasteiger partial charge on any atom is 0.243 e. The number of rotatable bonds is 6. The first-order chi connectivity index (χ1) is 8.19. The van der Waals surface area contributed by atoms with Gasteiger partial charge in [-0.1, -0.05) is 31.4 Å². The molecular weight excluding hydrogens is 213 g/mol. The summed E-state index contributed by atoms with van der Waals surface area (Å²) in [6.07, 6.45) is 1.85. The average molecular weight is 231 g/mol. The highest BCUT2D eigenvalue weighted by molar-refractivity contribution is 6.08. The van der Waals surface area contributed by atoms with E-state index in [1.54, 1.807) is 6.92 Å². The van der Waals surface area contributed by atoms with Crippen LogP contribution in [0.15, 0.2) is 18.2 Å². The van der Waals surface area contributed by atoms with Gasteiger partial charge in [0.1, 0.15) is 6.61 Å². The van der Waals surface area contributed by atoms with Crippen molar-refractivity contribution < 1.29 is 9.63 Å². The zero-order valence-corrected chi connectivity index (χ0v) is 10.5. The van der Waals surface area contributed by atoms with Gasteiger partial charge in [-0.25, -0.2) is 5.48 Å². The van der Waals surface area contributed by atoms with Crippen LogP contribution in [-0.2, 0) is 22.7 Å². The summed E-state index contributed by atoms with van der Waals surface area (Å²) in [6, 6.07) is 6.08. The van der Waals surface area contributed by atoms with Crippen LogP contribution in [0, 0.1) is 6.92 Å². The number of nitrogens with one attached hydrogen (secondary N) is 1. The lowest BCUT2D eigenvalue weighted by Crippen LogP contribution is -2.22. The van der Waals surface area contributed by atoms with Crippen molar-refractivity contribution >= 4 is 13.8 Å². The molecule has 1 amide bonds. The number of benzene rings is 1. The summed E-state index contributed by atoms with van der Waals surface area (Å²) in [6.45, 7) is 4.19. The number of carbonyl (C=O) groups is 1.